The molecule has 1 nitrogen and oxygen atoms in total. The van der Waals surface area contributed by atoms with Crippen molar-refractivity contribution in [1.82, 2.24) is 5.32 Å². The average Bonchev–Trinajstić information content (AvgIpc) is 2.47. The molecule has 0 aromatic carbocycles. The van der Waals surface area contributed by atoms with Crippen LogP contribution in [-0.4, -0.2) is 7.05 Å². The number of hydrogen-bond acceptors (Lipinski definition) is 2. The minimum atomic E-state index is 0.416. The summed E-state index contributed by atoms with van der Waals surface area (Å²) in [6.45, 7) is 3.73. The number of halogens is 1. The van der Waals surface area contributed by atoms with Crippen LogP contribution >= 0.6 is 27.3 Å². The Morgan fingerprint density at radius 3 is 3.00 bits per heavy atom. The number of hydrogen-bond donors (Lipinski definition) is 1. The van der Waals surface area contributed by atoms with Gasteiger partial charge in [0.15, 0.2) is 0 Å². The molecule has 0 saturated carbocycles. The third-order valence-electron chi connectivity index (χ3n) is 1.68. The highest BCUT2D eigenvalue weighted by Gasteiger charge is 2.08. The molecule has 1 atom stereocenters. The summed E-state index contributed by atoms with van der Waals surface area (Å²) in [4.78, 5) is 1.35. The van der Waals surface area contributed by atoms with Gasteiger partial charge in [-0.05, 0) is 35.5 Å². The van der Waals surface area contributed by atoms with Crippen molar-refractivity contribution in [2.45, 2.75) is 12.5 Å². The Morgan fingerprint density at radius 1 is 1.83 bits per heavy atom. The van der Waals surface area contributed by atoms with Crippen molar-refractivity contribution in [2.24, 2.45) is 0 Å². The smallest absolute Gasteiger partial charge is 0.0447 e. The maximum Gasteiger partial charge on any atom is 0.0447 e. The summed E-state index contributed by atoms with van der Waals surface area (Å²) in [5.41, 5.74) is 0. The third-order valence-corrected chi connectivity index (χ3v) is 3.49. The van der Waals surface area contributed by atoms with Crippen molar-refractivity contribution in [3.63, 3.8) is 0 Å². The molecule has 0 saturated heterocycles. The number of rotatable bonds is 4. The van der Waals surface area contributed by atoms with Gasteiger partial charge >= 0.3 is 0 Å². The molecule has 66 valence electrons. The van der Waals surface area contributed by atoms with E-state index in [0.717, 1.165) is 10.9 Å². The highest BCUT2D eigenvalue weighted by Crippen LogP contribution is 2.27. The van der Waals surface area contributed by atoms with E-state index in [4.69, 9.17) is 0 Å². The molecule has 1 heterocycles. The zero-order valence-electron chi connectivity index (χ0n) is 7.01. The van der Waals surface area contributed by atoms with E-state index in [1.165, 1.54) is 4.88 Å². The van der Waals surface area contributed by atoms with Crippen LogP contribution in [-0.2, 0) is 0 Å². The molecule has 0 aliphatic heterocycles. The van der Waals surface area contributed by atoms with E-state index < -0.39 is 0 Å². The Labute approximate surface area is 85.6 Å². The van der Waals surface area contributed by atoms with Crippen LogP contribution in [0.2, 0.25) is 0 Å². The lowest BCUT2D eigenvalue weighted by molar-refractivity contribution is 0.614. The Kier molecular flexibility index (Phi) is 3.98. The predicted octanol–water partition coefficient (Wildman–Crippen LogP) is 3.35. The van der Waals surface area contributed by atoms with Gasteiger partial charge in [0.25, 0.3) is 0 Å². The zero-order valence-corrected chi connectivity index (χ0v) is 9.41. The topological polar surface area (TPSA) is 12.0 Å². The molecule has 0 aliphatic rings. The first-order chi connectivity index (χ1) is 5.77. The van der Waals surface area contributed by atoms with Crippen LogP contribution in [0, 0.1) is 0 Å². The van der Waals surface area contributed by atoms with Gasteiger partial charge in [0.05, 0.1) is 0 Å². The second-order valence-corrected chi connectivity index (χ2v) is 4.39. The molecule has 1 unspecified atom stereocenters. The quantitative estimate of drug-likeness (QED) is 0.803. The van der Waals surface area contributed by atoms with Crippen molar-refractivity contribution in [3.05, 3.63) is 33.5 Å². The first-order valence-corrected chi connectivity index (χ1v) is 5.47. The summed E-state index contributed by atoms with van der Waals surface area (Å²) in [5.74, 6) is 0. The molecule has 12 heavy (non-hydrogen) atoms. The normalized spacial score (nSPS) is 12.8. The van der Waals surface area contributed by atoms with Crippen molar-refractivity contribution < 1.29 is 0 Å². The highest BCUT2D eigenvalue weighted by molar-refractivity contribution is 9.10. The molecule has 1 aromatic heterocycles. The van der Waals surface area contributed by atoms with Gasteiger partial charge in [-0.15, -0.1) is 17.9 Å². The van der Waals surface area contributed by atoms with E-state index in [2.05, 4.69) is 39.3 Å². The van der Waals surface area contributed by atoms with E-state index in [-0.39, 0.29) is 0 Å². The summed E-state index contributed by atoms with van der Waals surface area (Å²) < 4.78 is 1.16. The number of thiophene rings is 1. The summed E-state index contributed by atoms with van der Waals surface area (Å²) in [5, 5.41) is 5.35. The second-order valence-electron chi connectivity index (χ2n) is 2.53. The maximum atomic E-state index is 3.73. The summed E-state index contributed by atoms with van der Waals surface area (Å²) in [6.07, 6.45) is 2.91. The third kappa shape index (κ3) is 2.44. The average molecular weight is 246 g/mol. The van der Waals surface area contributed by atoms with Gasteiger partial charge in [-0.2, -0.15) is 0 Å². The largest absolute Gasteiger partial charge is 0.312 e. The van der Waals surface area contributed by atoms with E-state index in [0.29, 0.717) is 6.04 Å². The molecule has 1 aromatic rings. The molecule has 0 aliphatic carbocycles. The highest BCUT2D eigenvalue weighted by atomic mass is 79.9. The van der Waals surface area contributed by atoms with Gasteiger partial charge in [0.1, 0.15) is 0 Å². The molecule has 1 N–H and O–H groups in total. The minimum absolute atomic E-state index is 0.416. The predicted molar refractivity (Wildman–Crippen MR) is 58.6 cm³/mol. The summed E-state index contributed by atoms with van der Waals surface area (Å²) in [7, 11) is 1.97. The van der Waals surface area contributed by atoms with Crippen LogP contribution in [0.25, 0.3) is 0 Å². The fourth-order valence-corrected chi connectivity index (χ4v) is 2.62. The summed E-state index contributed by atoms with van der Waals surface area (Å²) in [6, 6.07) is 2.56. The molecule has 0 fully saturated rings. The standard InChI is InChI=1S/C9H12BrNS/c1-3-4-8(11-2)9-5-7(10)6-12-9/h3,5-6,8,11H,1,4H2,2H3. The van der Waals surface area contributed by atoms with E-state index in [1.807, 2.05) is 13.1 Å². The van der Waals surface area contributed by atoms with E-state index in [9.17, 15) is 0 Å². The van der Waals surface area contributed by atoms with Crippen molar-refractivity contribution in [3.8, 4) is 0 Å². The summed E-state index contributed by atoms with van der Waals surface area (Å²) >= 11 is 5.20. The van der Waals surface area contributed by atoms with Gasteiger partial charge in [-0.25, -0.2) is 0 Å². The molecule has 3 heteroatoms. The van der Waals surface area contributed by atoms with Crippen LogP contribution in [0.4, 0.5) is 0 Å². The van der Waals surface area contributed by atoms with Gasteiger partial charge in [-0.3, -0.25) is 0 Å². The van der Waals surface area contributed by atoms with E-state index in [1.54, 1.807) is 11.3 Å². The first kappa shape index (κ1) is 9.96. The molecular formula is C9H12BrNS. The Bertz CT molecular complexity index is 257. The Hall–Kier alpha value is -0.120. The van der Waals surface area contributed by atoms with Crippen LogP contribution in [0.15, 0.2) is 28.6 Å². The van der Waals surface area contributed by atoms with Gasteiger partial charge in [-0.1, -0.05) is 6.08 Å². The Balaban J connectivity index is 2.72. The molecule has 0 spiro atoms. The minimum Gasteiger partial charge on any atom is -0.312 e. The van der Waals surface area contributed by atoms with Crippen LogP contribution in [0.3, 0.4) is 0 Å². The fraction of sp³-hybridized carbons (Fsp3) is 0.333. The maximum absolute atomic E-state index is 3.73. The Morgan fingerprint density at radius 2 is 2.58 bits per heavy atom. The van der Waals surface area contributed by atoms with Crippen molar-refractivity contribution >= 4 is 27.3 Å². The molecule has 1 rings (SSSR count). The molecular weight excluding hydrogens is 234 g/mol. The van der Waals surface area contributed by atoms with Crippen LogP contribution in [0.1, 0.15) is 17.3 Å². The monoisotopic (exact) mass is 245 g/mol. The zero-order chi connectivity index (χ0) is 8.97. The van der Waals surface area contributed by atoms with E-state index >= 15 is 0 Å². The lowest BCUT2D eigenvalue weighted by Gasteiger charge is -2.10. The van der Waals surface area contributed by atoms with Gasteiger partial charge in [0.2, 0.25) is 0 Å². The van der Waals surface area contributed by atoms with Crippen LogP contribution < -0.4 is 5.32 Å². The lowest BCUT2D eigenvalue weighted by atomic mass is 10.2. The van der Waals surface area contributed by atoms with Crippen LogP contribution in [0.5, 0.6) is 0 Å². The van der Waals surface area contributed by atoms with Crippen molar-refractivity contribution in [1.29, 1.82) is 0 Å². The fourth-order valence-electron chi connectivity index (χ4n) is 1.05. The van der Waals surface area contributed by atoms with Gasteiger partial charge in [0, 0.05) is 20.8 Å². The SMILES string of the molecule is C=CCC(NC)c1cc(Br)cs1. The molecule has 0 radical (unpaired) electrons. The van der Waals surface area contributed by atoms with Gasteiger partial charge < -0.3 is 5.32 Å². The molecule has 0 bridgehead atoms. The van der Waals surface area contributed by atoms with Crippen molar-refractivity contribution in [2.75, 3.05) is 7.05 Å². The number of nitrogens with one attached hydrogen (secondary N) is 1. The second kappa shape index (κ2) is 4.80. The first-order valence-electron chi connectivity index (χ1n) is 3.80. The lowest BCUT2D eigenvalue weighted by Crippen LogP contribution is -2.13. The molecule has 0 amide bonds.